The van der Waals surface area contributed by atoms with Gasteiger partial charge in [0.05, 0.1) is 25.5 Å². The molecule has 2 aromatic carbocycles. The maximum Gasteiger partial charge on any atom is 0.161 e. The third kappa shape index (κ3) is 5.44. The molecule has 0 aliphatic carbocycles. The molecule has 7 heteroatoms. The van der Waals surface area contributed by atoms with Crippen molar-refractivity contribution in [2.75, 3.05) is 31.3 Å². The van der Waals surface area contributed by atoms with Gasteiger partial charge in [-0.15, -0.1) is 11.8 Å². The first kappa shape index (κ1) is 22.0. The van der Waals surface area contributed by atoms with Crippen LogP contribution in [0.15, 0.2) is 59.5 Å². The number of nitrogens with one attached hydrogen (secondary N) is 1. The average molecular weight is 427 g/mol. The molecule has 3 rings (SSSR count). The van der Waals surface area contributed by atoms with E-state index in [0.717, 1.165) is 22.4 Å². The smallest absolute Gasteiger partial charge is 0.161 e. The van der Waals surface area contributed by atoms with Gasteiger partial charge in [-0.25, -0.2) is 4.98 Å². The molecule has 1 unspecified atom stereocenters. The lowest BCUT2D eigenvalue weighted by Gasteiger charge is -2.14. The minimum Gasteiger partial charge on any atom is -0.504 e. The second-order valence-electron chi connectivity index (χ2n) is 6.69. The molecule has 0 spiro atoms. The number of thioether (sulfide) groups is 1. The van der Waals surface area contributed by atoms with E-state index in [1.54, 1.807) is 30.0 Å². The first-order valence-corrected chi connectivity index (χ1v) is 10.7. The molecule has 6 nitrogen and oxygen atoms in total. The highest BCUT2D eigenvalue weighted by atomic mass is 32.2. The standard InChI is InChI=1S/C23H26N2O4S/c1-3-30-19-7-4-15(5-8-19)17-10-20(16-6-9-21(28)22(11-16)29-2)25-23(12-17)24-13-18(27)14-26/h4-12,18,26-28H,3,13-14H2,1-2H3,(H,24,25). The molecule has 30 heavy (non-hydrogen) atoms. The Balaban J connectivity index is 2.02. The number of pyridine rings is 1. The second kappa shape index (κ2) is 10.3. The highest BCUT2D eigenvalue weighted by Crippen LogP contribution is 2.34. The van der Waals surface area contributed by atoms with Crippen LogP contribution in [0.25, 0.3) is 22.4 Å². The topological polar surface area (TPSA) is 94.8 Å². The maximum absolute atomic E-state index is 9.90. The number of aromatic hydroxyl groups is 1. The van der Waals surface area contributed by atoms with Gasteiger partial charge in [0.2, 0.25) is 0 Å². The average Bonchev–Trinajstić information content (AvgIpc) is 2.78. The number of hydrogen-bond acceptors (Lipinski definition) is 7. The van der Waals surface area contributed by atoms with Crippen LogP contribution in [0.4, 0.5) is 5.82 Å². The van der Waals surface area contributed by atoms with Crippen molar-refractivity contribution in [2.24, 2.45) is 0 Å². The predicted molar refractivity (Wildman–Crippen MR) is 121 cm³/mol. The Morgan fingerprint density at radius 2 is 1.77 bits per heavy atom. The summed E-state index contributed by atoms with van der Waals surface area (Å²) in [4.78, 5) is 5.85. The molecule has 158 valence electrons. The van der Waals surface area contributed by atoms with E-state index in [1.165, 1.54) is 12.0 Å². The van der Waals surface area contributed by atoms with Gasteiger partial charge in [0.1, 0.15) is 5.82 Å². The van der Waals surface area contributed by atoms with Crippen LogP contribution in [0.1, 0.15) is 6.92 Å². The number of hydrogen-bond donors (Lipinski definition) is 4. The molecule has 0 saturated heterocycles. The van der Waals surface area contributed by atoms with E-state index in [-0.39, 0.29) is 18.9 Å². The van der Waals surface area contributed by atoms with Gasteiger partial charge in [-0.05, 0) is 59.3 Å². The first-order valence-electron chi connectivity index (χ1n) is 9.69. The zero-order valence-corrected chi connectivity index (χ0v) is 17.8. The van der Waals surface area contributed by atoms with Crippen molar-refractivity contribution in [3.8, 4) is 33.9 Å². The van der Waals surface area contributed by atoms with E-state index in [2.05, 4.69) is 41.5 Å². The minimum absolute atomic E-state index is 0.0610. The number of ether oxygens (including phenoxy) is 1. The van der Waals surface area contributed by atoms with Crippen LogP contribution in [0.5, 0.6) is 11.5 Å². The van der Waals surface area contributed by atoms with Crippen molar-refractivity contribution in [1.29, 1.82) is 0 Å². The molecule has 1 aromatic heterocycles. The first-order chi connectivity index (χ1) is 14.5. The Bertz CT molecular complexity index is 979. The summed E-state index contributed by atoms with van der Waals surface area (Å²) in [5, 5.41) is 31.7. The SMILES string of the molecule is CCSc1ccc(-c2cc(NCC(O)CO)nc(-c3ccc(O)c(OC)c3)c2)cc1. The van der Waals surface area contributed by atoms with E-state index >= 15 is 0 Å². The lowest BCUT2D eigenvalue weighted by Crippen LogP contribution is -2.23. The quantitative estimate of drug-likeness (QED) is 0.384. The lowest BCUT2D eigenvalue weighted by molar-refractivity contribution is 0.105. The molecule has 0 amide bonds. The monoisotopic (exact) mass is 426 g/mol. The highest BCUT2D eigenvalue weighted by Gasteiger charge is 2.11. The Hall–Kier alpha value is -2.74. The molecule has 1 atom stereocenters. The number of phenols is 1. The van der Waals surface area contributed by atoms with Gasteiger partial charge in [-0.2, -0.15) is 0 Å². The fourth-order valence-electron chi connectivity index (χ4n) is 2.97. The van der Waals surface area contributed by atoms with Gasteiger partial charge < -0.3 is 25.4 Å². The molecule has 1 heterocycles. The van der Waals surface area contributed by atoms with Gasteiger partial charge in [0, 0.05) is 17.0 Å². The van der Waals surface area contributed by atoms with Crippen LogP contribution in [-0.2, 0) is 0 Å². The normalized spacial score (nSPS) is 11.9. The summed E-state index contributed by atoms with van der Waals surface area (Å²) in [5.74, 6) is 2.02. The fourth-order valence-corrected chi connectivity index (χ4v) is 3.63. The molecule has 0 fully saturated rings. The fraction of sp³-hybridized carbons (Fsp3) is 0.261. The van der Waals surface area contributed by atoms with Crippen molar-refractivity contribution in [3.63, 3.8) is 0 Å². The largest absolute Gasteiger partial charge is 0.504 e. The van der Waals surface area contributed by atoms with E-state index < -0.39 is 6.10 Å². The molecule has 0 radical (unpaired) electrons. The number of phenolic OH excluding ortho intramolecular Hbond substituents is 1. The van der Waals surface area contributed by atoms with Gasteiger partial charge in [0.25, 0.3) is 0 Å². The number of nitrogens with zero attached hydrogens (tertiary/aromatic N) is 1. The predicted octanol–water partition coefficient (Wildman–Crippen LogP) is 4.01. The zero-order valence-electron chi connectivity index (χ0n) is 17.0. The Labute approximate surface area is 180 Å². The molecular formula is C23H26N2O4S. The van der Waals surface area contributed by atoms with Crippen LogP contribution >= 0.6 is 11.8 Å². The van der Waals surface area contributed by atoms with Crippen LogP contribution in [0, 0.1) is 0 Å². The number of rotatable bonds is 9. The van der Waals surface area contributed by atoms with Gasteiger partial charge in [-0.3, -0.25) is 0 Å². The Morgan fingerprint density at radius 3 is 2.43 bits per heavy atom. The number of anilines is 1. The molecule has 0 saturated carbocycles. The molecule has 0 aliphatic heterocycles. The lowest BCUT2D eigenvalue weighted by atomic mass is 10.0. The number of benzene rings is 2. The molecule has 4 N–H and O–H groups in total. The van der Waals surface area contributed by atoms with Crippen molar-refractivity contribution in [1.82, 2.24) is 4.98 Å². The number of aliphatic hydroxyl groups is 2. The Morgan fingerprint density at radius 1 is 1.03 bits per heavy atom. The van der Waals surface area contributed by atoms with Crippen LogP contribution in [-0.4, -0.2) is 52.4 Å². The van der Waals surface area contributed by atoms with Gasteiger partial charge in [-0.1, -0.05) is 19.1 Å². The van der Waals surface area contributed by atoms with E-state index in [0.29, 0.717) is 17.3 Å². The zero-order chi connectivity index (χ0) is 21.5. The third-order valence-corrected chi connectivity index (χ3v) is 5.42. The summed E-state index contributed by atoms with van der Waals surface area (Å²) < 4.78 is 5.23. The molecule has 0 aliphatic rings. The minimum atomic E-state index is -0.877. The van der Waals surface area contributed by atoms with Crippen LogP contribution in [0.3, 0.4) is 0 Å². The van der Waals surface area contributed by atoms with E-state index in [4.69, 9.17) is 9.84 Å². The summed E-state index contributed by atoms with van der Waals surface area (Å²) in [7, 11) is 1.50. The Kier molecular flexibility index (Phi) is 7.57. The van der Waals surface area contributed by atoms with Crippen molar-refractivity contribution >= 4 is 17.6 Å². The number of aliphatic hydroxyl groups excluding tert-OH is 2. The molecular weight excluding hydrogens is 400 g/mol. The van der Waals surface area contributed by atoms with Crippen LogP contribution in [0.2, 0.25) is 0 Å². The summed E-state index contributed by atoms with van der Waals surface area (Å²) in [6.45, 7) is 1.97. The van der Waals surface area contributed by atoms with Gasteiger partial charge >= 0.3 is 0 Å². The number of methoxy groups -OCH3 is 1. The summed E-state index contributed by atoms with van der Waals surface area (Å²) in [6, 6.07) is 17.3. The van der Waals surface area contributed by atoms with Crippen molar-refractivity contribution < 1.29 is 20.1 Å². The maximum atomic E-state index is 9.90. The second-order valence-corrected chi connectivity index (χ2v) is 8.03. The highest BCUT2D eigenvalue weighted by molar-refractivity contribution is 7.99. The third-order valence-electron chi connectivity index (χ3n) is 4.53. The summed E-state index contributed by atoms with van der Waals surface area (Å²) >= 11 is 1.79. The van der Waals surface area contributed by atoms with Crippen molar-refractivity contribution in [3.05, 3.63) is 54.6 Å². The van der Waals surface area contributed by atoms with Crippen LogP contribution < -0.4 is 10.1 Å². The summed E-state index contributed by atoms with van der Waals surface area (Å²) in [6.07, 6.45) is -0.877. The summed E-state index contributed by atoms with van der Waals surface area (Å²) in [5.41, 5.74) is 3.48. The van der Waals surface area contributed by atoms with Crippen molar-refractivity contribution in [2.45, 2.75) is 17.9 Å². The number of aromatic nitrogens is 1. The molecule has 3 aromatic rings. The molecule has 0 bridgehead atoms. The van der Waals surface area contributed by atoms with Gasteiger partial charge in [0.15, 0.2) is 11.5 Å². The van der Waals surface area contributed by atoms with E-state index in [9.17, 15) is 10.2 Å². The van der Waals surface area contributed by atoms with E-state index in [1.807, 2.05) is 12.1 Å².